The molecule has 4 nitrogen and oxygen atoms in total. The van der Waals surface area contributed by atoms with Crippen molar-refractivity contribution < 1.29 is 14.3 Å². The molecule has 0 atom stereocenters. The fraction of sp³-hybridized carbons (Fsp3) is 0.300. The van der Waals surface area contributed by atoms with Gasteiger partial charge in [-0.1, -0.05) is 15.9 Å². The van der Waals surface area contributed by atoms with Crippen molar-refractivity contribution in [1.29, 1.82) is 0 Å². The van der Waals surface area contributed by atoms with Gasteiger partial charge >= 0.3 is 6.09 Å². The van der Waals surface area contributed by atoms with Crippen molar-refractivity contribution in [2.75, 3.05) is 24.4 Å². The van der Waals surface area contributed by atoms with Crippen molar-refractivity contribution in [2.45, 2.75) is 0 Å². The minimum absolute atomic E-state index is 0.482. The van der Waals surface area contributed by atoms with Crippen molar-refractivity contribution >= 4 is 27.7 Å². The Labute approximate surface area is 96.7 Å². The molecule has 1 rings (SSSR count). The lowest BCUT2D eigenvalue weighted by molar-refractivity contribution is 0.187. The number of carbonyl (C=O) groups is 1. The number of benzene rings is 1. The van der Waals surface area contributed by atoms with Gasteiger partial charge in [0.05, 0.1) is 13.7 Å². The van der Waals surface area contributed by atoms with Gasteiger partial charge in [-0.05, 0) is 24.3 Å². The minimum atomic E-state index is -0.482. The number of amides is 1. The van der Waals surface area contributed by atoms with Gasteiger partial charge in [0.25, 0.3) is 0 Å². The summed E-state index contributed by atoms with van der Waals surface area (Å²) in [5.41, 5.74) is 0.674. The first kappa shape index (κ1) is 11.8. The van der Waals surface area contributed by atoms with Gasteiger partial charge in [0.1, 0.15) is 5.75 Å². The molecule has 0 bridgehead atoms. The van der Waals surface area contributed by atoms with Crippen LogP contribution in [-0.4, -0.2) is 25.1 Å². The predicted molar refractivity (Wildman–Crippen MR) is 61.8 cm³/mol. The van der Waals surface area contributed by atoms with Crippen LogP contribution in [-0.2, 0) is 4.74 Å². The Morgan fingerprint density at radius 1 is 1.40 bits per heavy atom. The highest BCUT2D eigenvalue weighted by molar-refractivity contribution is 9.09. The van der Waals surface area contributed by atoms with E-state index < -0.39 is 6.09 Å². The van der Waals surface area contributed by atoms with E-state index in [-0.39, 0.29) is 0 Å². The number of hydrogen-bond donors (Lipinski definition) is 1. The Bertz CT molecular complexity index is 313. The molecule has 0 aliphatic heterocycles. The maximum atomic E-state index is 10.9. The van der Waals surface area contributed by atoms with Gasteiger partial charge in [0, 0.05) is 11.0 Å². The van der Waals surface area contributed by atoms with E-state index >= 15 is 0 Å². The zero-order valence-electron chi connectivity index (χ0n) is 8.33. The zero-order chi connectivity index (χ0) is 11.1. The number of halogens is 1. The number of hydrogen-bond acceptors (Lipinski definition) is 3. The van der Waals surface area contributed by atoms with Crippen LogP contribution in [0.5, 0.6) is 5.75 Å². The van der Waals surface area contributed by atoms with E-state index in [1.54, 1.807) is 24.3 Å². The molecule has 1 amide bonds. The zero-order valence-corrected chi connectivity index (χ0v) is 9.91. The summed E-state index contributed by atoms with van der Waals surface area (Å²) < 4.78 is 9.81. The van der Waals surface area contributed by atoms with E-state index in [1.165, 1.54) is 7.11 Å². The third kappa shape index (κ3) is 4.20. The van der Waals surface area contributed by atoms with Crippen molar-refractivity contribution in [3.05, 3.63) is 24.3 Å². The largest absolute Gasteiger partial charge is 0.493 e. The molecule has 0 aliphatic rings. The molecule has 1 aromatic rings. The van der Waals surface area contributed by atoms with Crippen LogP contribution in [0, 0.1) is 0 Å². The molecule has 0 unspecified atom stereocenters. The van der Waals surface area contributed by atoms with Crippen molar-refractivity contribution in [2.24, 2.45) is 0 Å². The van der Waals surface area contributed by atoms with E-state index in [2.05, 4.69) is 26.0 Å². The number of carbonyl (C=O) groups excluding carboxylic acids is 1. The second kappa shape index (κ2) is 6.29. The fourth-order valence-corrected chi connectivity index (χ4v) is 1.12. The molecule has 0 fully saturated rings. The highest BCUT2D eigenvalue weighted by Gasteiger charge is 2.00. The van der Waals surface area contributed by atoms with Gasteiger partial charge in [0.15, 0.2) is 0 Å². The van der Waals surface area contributed by atoms with E-state index in [9.17, 15) is 4.79 Å². The Morgan fingerprint density at radius 3 is 2.60 bits per heavy atom. The Kier molecular flexibility index (Phi) is 4.97. The Morgan fingerprint density at radius 2 is 2.07 bits per heavy atom. The number of ether oxygens (including phenoxy) is 2. The standard InChI is InChI=1S/C10H12BrNO3/c1-14-10(13)12-8-2-4-9(5-3-8)15-7-6-11/h2-5H,6-7H2,1H3,(H,12,13). The molecule has 15 heavy (non-hydrogen) atoms. The van der Waals surface area contributed by atoms with Crippen LogP contribution in [0.15, 0.2) is 24.3 Å². The number of nitrogens with one attached hydrogen (secondary N) is 1. The molecule has 0 spiro atoms. The molecule has 0 radical (unpaired) electrons. The van der Waals surface area contributed by atoms with Crippen molar-refractivity contribution in [3.8, 4) is 5.75 Å². The van der Waals surface area contributed by atoms with Crippen LogP contribution in [0.25, 0.3) is 0 Å². The van der Waals surface area contributed by atoms with Gasteiger partial charge in [-0.2, -0.15) is 0 Å². The normalized spacial score (nSPS) is 9.47. The maximum absolute atomic E-state index is 10.9. The maximum Gasteiger partial charge on any atom is 0.411 e. The summed E-state index contributed by atoms with van der Waals surface area (Å²) in [5, 5.41) is 3.34. The molecule has 82 valence electrons. The second-order valence-electron chi connectivity index (χ2n) is 2.68. The summed E-state index contributed by atoms with van der Waals surface area (Å²) in [7, 11) is 1.32. The smallest absolute Gasteiger partial charge is 0.411 e. The highest BCUT2D eigenvalue weighted by atomic mass is 79.9. The van der Waals surface area contributed by atoms with Gasteiger partial charge < -0.3 is 9.47 Å². The quantitative estimate of drug-likeness (QED) is 0.858. The fourth-order valence-electron chi connectivity index (χ4n) is 0.960. The molecule has 1 N–H and O–H groups in total. The SMILES string of the molecule is COC(=O)Nc1ccc(OCCBr)cc1. The molecule has 0 heterocycles. The molecule has 0 saturated carbocycles. The summed E-state index contributed by atoms with van der Waals surface area (Å²) in [6, 6.07) is 7.07. The average Bonchev–Trinajstić information content (AvgIpc) is 2.28. The van der Waals surface area contributed by atoms with Crippen LogP contribution in [0.3, 0.4) is 0 Å². The molecule has 1 aromatic carbocycles. The first-order valence-electron chi connectivity index (χ1n) is 4.40. The summed E-state index contributed by atoms with van der Waals surface area (Å²) >= 11 is 3.26. The summed E-state index contributed by atoms with van der Waals surface area (Å²) in [5.74, 6) is 0.768. The summed E-state index contributed by atoms with van der Waals surface area (Å²) in [6.45, 7) is 0.615. The van der Waals surface area contributed by atoms with Gasteiger partial charge in [-0.3, -0.25) is 5.32 Å². The van der Waals surface area contributed by atoms with E-state index in [0.717, 1.165) is 11.1 Å². The molecule has 0 aromatic heterocycles. The van der Waals surface area contributed by atoms with E-state index in [0.29, 0.717) is 12.3 Å². The molecular formula is C10H12BrNO3. The lowest BCUT2D eigenvalue weighted by Gasteiger charge is -2.06. The van der Waals surface area contributed by atoms with Crippen LogP contribution >= 0.6 is 15.9 Å². The first-order valence-corrected chi connectivity index (χ1v) is 5.52. The molecule has 0 aliphatic carbocycles. The van der Waals surface area contributed by atoms with Crippen LogP contribution < -0.4 is 10.1 Å². The predicted octanol–water partition coefficient (Wildman–Crippen LogP) is 2.64. The minimum Gasteiger partial charge on any atom is -0.493 e. The van der Waals surface area contributed by atoms with Gasteiger partial charge in [0.2, 0.25) is 0 Å². The van der Waals surface area contributed by atoms with E-state index in [4.69, 9.17) is 4.74 Å². The molecule has 5 heteroatoms. The lowest BCUT2D eigenvalue weighted by atomic mass is 10.3. The third-order valence-electron chi connectivity index (χ3n) is 1.63. The topological polar surface area (TPSA) is 47.6 Å². The monoisotopic (exact) mass is 273 g/mol. The van der Waals surface area contributed by atoms with Gasteiger partial charge in [-0.15, -0.1) is 0 Å². The average molecular weight is 274 g/mol. The number of rotatable bonds is 4. The third-order valence-corrected chi connectivity index (χ3v) is 1.96. The van der Waals surface area contributed by atoms with Gasteiger partial charge in [-0.25, -0.2) is 4.79 Å². The van der Waals surface area contributed by atoms with Crippen LogP contribution in [0.2, 0.25) is 0 Å². The van der Waals surface area contributed by atoms with Crippen molar-refractivity contribution in [1.82, 2.24) is 0 Å². The first-order chi connectivity index (χ1) is 7.26. The molecular weight excluding hydrogens is 262 g/mol. The Balaban J connectivity index is 2.52. The Hall–Kier alpha value is -1.23. The second-order valence-corrected chi connectivity index (χ2v) is 3.47. The molecule has 0 saturated heterocycles. The summed E-state index contributed by atoms with van der Waals surface area (Å²) in [4.78, 5) is 10.9. The number of anilines is 1. The lowest BCUT2D eigenvalue weighted by Crippen LogP contribution is -2.10. The summed E-state index contributed by atoms with van der Waals surface area (Å²) in [6.07, 6.45) is -0.482. The van der Waals surface area contributed by atoms with Crippen LogP contribution in [0.1, 0.15) is 0 Å². The van der Waals surface area contributed by atoms with Crippen LogP contribution in [0.4, 0.5) is 10.5 Å². The number of alkyl halides is 1. The number of methoxy groups -OCH3 is 1. The highest BCUT2D eigenvalue weighted by Crippen LogP contribution is 2.15. The van der Waals surface area contributed by atoms with Crippen molar-refractivity contribution in [3.63, 3.8) is 0 Å². The van der Waals surface area contributed by atoms with E-state index in [1.807, 2.05) is 0 Å².